The number of carbonyl (C=O) groups excluding carboxylic acids is 2. The molecule has 8 nitrogen and oxygen atoms in total. The summed E-state index contributed by atoms with van der Waals surface area (Å²) < 4.78 is 10.6. The van der Waals surface area contributed by atoms with Crippen LogP contribution in [0.15, 0.2) is 48.5 Å². The molecule has 1 heterocycles. The third kappa shape index (κ3) is 5.11. The van der Waals surface area contributed by atoms with Gasteiger partial charge in [-0.15, -0.1) is 0 Å². The van der Waals surface area contributed by atoms with Crippen molar-refractivity contribution in [3.63, 3.8) is 0 Å². The first kappa shape index (κ1) is 20.3. The molecule has 2 aromatic rings. The molecule has 152 valence electrons. The molecule has 1 atom stereocenters. The van der Waals surface area contributed by atoms with Gasteiger partial charge in [-0.1, -0.05) is 24.3 Å². The van der Waals surface area contributed by atoms with Crippen molar-refractivity contribution in [3.8, 4) is 5.75 Å². The van der Waals surface area contributed by atoms with Gasteiger partial charge in [-0.25, -0.2) is 0 Å². The molecule has 8 heteroatoms. The molecule has 3 rings (SSSR count). The molecule has 0 saturated heterocycles. The number of rotatable bonds is 8. The van der Waals surface area contributed by atoms with Gasteiger partial charge in [0.15, 0.2) is 6.10 Å². The van der Waals surface area contributed by atoms with Crippen LogP contribution in [0.1, 0.15) is 15.9 Å². The van der Waals surface area contributed by atoms with E-state index in [4.69, 9.17) is 14.6 Å². The predicted octanol–water partition coefficient (Wildman–Crippen LogP) is 1.80. The Balaban J connectivity index is 1.68. The minimum atomic E-state index is -1.11. The van der Waals surface area contributed by atoms with E-state index in [1.54, 1.807) is 18.2 Å². The van der Waals surface area contributed by atoms with Gasteiger partial charge < -0.3 is 24.8 Å². The zero-order chi connectivity index (χ0) is 20.8. The minimum absolute atomic E-state index is 0.145. The van der Waals surface area contributed by atoms with Gasteiger partial charge in [0.1, 0.15) is 12.3 Å². The summed E-state index contributed by atoms with van der Waals surface area (Å²) in [5.74, 6) is -1.19. The maximum atomic E-state index is 12.7. The molecule has 2 amide bonds. The Hall–Kier alpha value is -3.39. The van der Waals surface area contributed by atoms with Gasteiger partial charge in [0.25, 0.3) is 11.8 Å². The molecule has 1 aliphatic heterocycles. The van der Waals surface area contributed by atoms with Gasteiger partial charge in [0, 0.05) is 31.3 Å². The van der Waals surface area contributed by atoms with Gasteiger partial charge in [-0.05, 0) is 29.8 Å². The van der Waals surface area contributed by atoms with Crippen molar-refractivity contribution in [3.05, 3.63) is 59.7 Å². The zero-order valence-corrected chi connectivity index (χ0v) is 16.0. The molecule has 2 aromatic carbocycles. The predicted molar refractivity (Wildman–Crippen MR) is 105 cm³/mol. The number of fused-ring (bicyclic) bond motifs is 1. The quantitative estimate of drug-likeness (QED) is 0.703. The molecule has 0 bridgehead atoms. The zero-order valence-electron chi connectivity index (χ0n) is 16.0. The second-order valence-corrected chi connectivity index (χ2v) is 6.60. The number of aliphatic carboxylic acids is 1. The Morgan fingerprint density at radius 2 is 2.00 bits per heavy atom. The number of carboxylic acids is 1. The summed E-state index contributed by atoms with van der Waals surface area (Å²) in [6.45, 7) is -0.0750. The first-order chi connectivity index (χ1) is 14.0. The largest absolute Gasteiger partial charge is 0.480 e. The van der Waals surface area contributed by atoms with E-state index in [9.17, 15) is 14.4 Å². The number of methoxy groups -OCH3 is 1. The van der Waals surface area contributed by atoms with E-state index >= 15 is 0 Å². The Labute approximate surface area is 168 Å². The lowest BCUT2D eigenvalue weighted by molar-refractivity contribution is -0.137. The number of carbonyl (C=O) groups is 3. The standard InChI is InChI=1S/C21H22N2O6/c1-28-10-9-23(13-19(24)25)21(27)15-6-4-7-16(11-15)22-20(26)18-12-14-5-2-3-8-17(14)29-18/h2-8,11,18H,9-10,12-13H2,1H3,(H,22,26)(H,24,25). The van der Waals surface area contributed by atoms with Crippen molar-refractivity contribution in [2.45, 2.75) is 12.5 Å². The Morgan fingerprint density at radius 3 is 2.72 bits per heavy atom. The molecule has 0 radical (unpaired) electrons. The molecule has 0 saturated carbocycles. The summed E-state index contributed by atoms with van der Waals surface area (Å²) in [4.78, 5) is 37.5. The monoisotopic (exact) mass is 398 g/mol. The number of benzene rings is 2. The van der Waals surface area contributed by atoms with Crippen LogP contribution in [0.2, 0.25) is 0 Å². The highest BCUT2D eigenvalue weighted by molar-refractivity contribution is 5.99. The van der Waals surface area contributed by atoms with E-state index in [0.717, 1.165) is 5.56 Å². The van der Waals surface area contributed by atoms with Crippen LogP contribution in [0.5, 0.6) is 5.75 Å². The van der Waals surface area contributed by atoms with Crippen LogP contribution in [0, 0.1) is 0 Å². The van der Waals surface area contributed by atoms with Crippen LogP contribution < -0.4 is 10.1 Å². The van der Waals surface area contributed by atoms with Gasteiger partial charge in [-0.3, -0.25) is 14.4 Å². The molecular formula is C21H22N2O6. The third-order valence-corrected chi connectivity index (χ3v) is 4.50. The number of hydrogen-bond acceptors (Lipinski definition) is 5. The molecule has 29 heavy (non-hydrogen) atoms. The molecule has 0 aromatic heterocycles. The number of ether oxygens (including phenoxy) is 2. The number of para-hydroxylation sites is 1. The molecule has 0 fully saturated rings. The second kappa shape index (κ2) is 9.20. The topological polar surface area (TPSA) is 105 Å². The normalized spacial score (nSPS) is 14.6. The van der Waals surface area contributed by atoms with Gasteiger partial charge in [-0.2, -0.15) is 0 Å². The van der Waals surface area contributed by atoms with Crippen LogP contribution >= 0.6 is 0 Å². The summed E-state index contributed by atoms with van der Waals surface area (Å²) in [5, 5.41) is 11.8. The van der Waals surface area contributed by atoms with Crippen molar-refractivity contribution in [2.24, 2.45) is 0 Å². The average Bonchev–Trinajstić information content (AvgIpc) is 3.15. The first-order valence-corrected chi connectivity index (χ1v) is 9.13. The highest BCUT2D eigenvalue weighted by Crippen LogP contribution is 2.28. The first-order valence-electron chi connectivity index (χ1n) is 9.13. The fourth-order valence-corrected chi connectivity index (χ4v) is 3.08. The molecule has 0 aliphatic carbocycles. The van der Waals surface area contributed by atoms with Crippen molar-refractivity contribution in [1.82, 2.24) is 4.90 Å². The van der Waals surface area contributed by atoms with Gasteiger partial charge in [0.05, 0.1) is 6.61 Å². The van der Waals surface area contributed by atoms with Crippen molar-refractivity contribution >= 4 is 23.5 Å². The van der Waals surface area contributed by atoms with Crippen molar-refractivity contribution in [1.29, 1.82) is 0 Å². The Kier molecular flexibility index (Phi) is 6.46. The maximum Gasteiger partial charge on any atom is 0.323 e. The van der Waals surface area contributed by atoms with E-state index in [1.165, 1.54) is 18.1 Å². The Bertz CT molecular complexity index is 889. The number of carboxylic acid groups (broad SMARTS) is 1. The Morgan fingerprint density at radius 1 is 1.21 bits per heavy atom. The van der Waals surface area contributed by atoms with E-state index < -0.39 is 24.5 Å². The summed E-state index contributed by atoms with van der Waals surface area (Å²) in [7, 11) is 1.48. The number of anilines is 1. The van der Waals surface area contributed by atoms with Crippen molar-refractivity contribution < 1.29 is 29.0 Å². The van der Waals surface area contributed by atoms with Crippen LogP contribution in [-0.2, 0) is 20.7 Å². The molecule has 1 aliphatic rings. The minimum Gasteiger partial charge on any atom is -0.480 e. The smallest absolute Gasteiger partial charge is 0.323 e. The molecule has 0 spiro atoms. The summed E-state index contributed by atoms with van der Waals surface area (Å²) >= 11 is 0. The van der Waals surface area contributed by atoms with E-state index in [1.807, 2.05) is 24.3 Å². The van der Waals surface area contributed by atoms with Crippen LogP contribution in [-0.4, -0.2) is 60.7 Å². The summed E-state index contributed by atoms with van der Waals surface area (Å²) in [5.41, 5.74) is 1.68. The molecule has 2 N–H and O–H groups in total. The van der Waals surface area contributed by atoms with Gasteiger partial charge >= 0.3 is 5.97 Å². The summed E-state index contributed by atoms with van der Waals surface area (Å²) in [6.07, 6.45) is -0.165. The maximum absolute atomic E-state index is 12.7. The fraction of sp³-hybridized carbons (Fsp3) is 0.286. The number of nitrogens with zero attached hydrogens (tertiary/aromatic N) is 1. The van der Waals surface area contributed by atoms with Crippen LogP contribution in [0.25, 0.3) is 0 Å². The molecular weight excluding hydrogens is 376 g/mol. The highest BCUT2D eigenvalue weighted by atomic mass is 16.5. The van der Waals surface area contributed by atoms with Crippen LogP contribution in [0.4, 0.5) is 5.69 Å². The van der Waals surface area contributed by atoms with E-state index in [0.29, 0.717) is 17.9 Å². The third-order valence-electron chi connectivity index (χ3n) is 4.50. The van der Waals surface area contributed by atoms with Crippen LogP contribution in [0.3, 0.4) is 0 Å². The highest BCUT2D eigenvalue weighted by Gasteiger charge is 2.29. The average molecular weight is 398 g/mol. The lowest BCUT2D eigenvalue weighted by atomic mass is 10.1. The second-order valence-electron chi connectivity index (χ2n) is 6.60. The van der Waals surface area contributed by atoms with Gasteiger partial charge in [0.2, 0.25) is 0 Å². The number of nitrogens with one attached hydrogen (secondary N) is 1. The number of hydrogen-bond donors (Lipinski definition) is 2. The van der Waals surface area contributed by atoms with E-state index in [-0.39, 0.29) is 24.6 Å². The summed E-state index contributed by atoms with van der Waals surface area (Å²) in [6, 6.07) is 13.9. The van der Waals surface area contributed by atoms with Crippen molar-refractivity contribution in [2.75, 3.05) is 32.1 Å². The lowest BCUT2D eigenvalue weighted by Gasteiger charge is -2.20. The lowest BCUT2D eigenvalue weighted by Crippen LogP contribution is -2.38. The molecule has 1 unspecified atom stereocenters. The fourth-order valence-electron chi connectivity index (χ4n) is 3.08. The SMILES string of the molecule is COCCN(CC(=O)O)C(=O)c1cccc(NC(=O)C2Cc3ccccc3O2)c1. The van der Waals surface area contributed by atoms with E-state index in [2.05, 4.69) is 5.32 Å². The number of amides is 2.